The van der Waals surface area contributed by atoms with Gasteiger partial charge in [0, 0.05) is 29.9 Å². The quantitative estimate of drug-likeness (QED) is 0.132. The standard InChI is InChI=1S/C25H28F2N7O6PS.Na.H/c1-3-39-17-6-4-16(5-7-17)34-12-19(23(32-34)22-18(26)8-9-21(27)31-22)29-24(35)20-13-42-25(30-20)15-10-28-33(11-15)14(2)40-41(36,37)38;;/h8-14,16-17H,3-7H2,1-2H3,(H,29,35)(H2,36,37,38);;/q;+1;-1. The van der Waals surface area contributed by atoms with Gasteiger partial charge < -0.3 is 21.3 Å². The molecule has 1 saturated carbocycles. The van der Waals surface area contributed by atoms with E-state index in [0.717, 1.165) is 49.2 Å². The minimum Gasteiger partial charge on any atom is -1.00 e. The van der Waals surface area contributed by atoms with Crippen molar-refractivity contribution < 1.29 is 68.2 Å². The first-order chi connectivity index (χ1) is 20.0. The summed E-state index contributed by atoms with van der Waals surface area (Å²) in [6.45, 7) is 3.99. The van der Waals surface area contributed by atoms with E-state index in [1.165, 1.54) is 29.4 Å². The van der Waals surface area contributed by atoms with Gasteiger partial charge in [0.15, 0.2) is 12.0 Å². The Balaban J connectivity index is 0.00000264. The molecule has 0 radical (unpaired) electrons. The van der Waals surface area contributed by atoms with Crippen LogP contribution in [-0.4, -0.2) is 57.9 Å². The molecule has 4 aromatic heterocycles. The van der Waals surface area contributed by atoms with E-state index in [9.17, 15) is 18.1 Å². The van der Waals surface area contributed by atoms with Crippen LogP contribution in [0.3, 0.4) is 0 Å². The fourth-order valence-corrected chi connectivity index (χ4v) is 6.00. The number of nitrogens with zero attached hydrogens (tertiary/aromatic N) is 6. The van der Waals surface area contributed by atoms with Crippen LogP contribution >= 0.6 is 19.2 Å². The van der Waals surface area contributed by atoms with Gasteiger partial charge in [-0.15, -0.1) is 11.3 Å². The summed E-state index contributed by atoms with van der Waals surface area (Å²) in [7, 11) is -4.73. The minimum absolute atomic E-state index is 0. The Morgan fingerprint density at radius 1 is 1.21 bits per heavy atom. The zero-order chi connectivity index (χ0) is 30.0. The molecule has 226 valence electrons. The number of rotatable bonds is 10. The molecule has 1 unspecified atom stereocenters. The average molecular weight is 648 g/mol. The van der Waals surface area contributed by atoms with Gasteiger partial charge in [0.1, 0.15) is 22.1 Å². The molecule has 43 heavy (non-hydrogen) atoms. The number of carbonyl (C=O) groups is 1. The molecule has 13 nitrogen and oxygen atoms in total. The number of pyridine rings is 1. The molecule has 0 bridgehead atoms. The van der Waals surface area contributed by atoms with Crippen LogP contribution in [0.4, 0.5) is 14.5 Å². The number of hydrogen-bond donors (Lipinski definition) is 3. The first kappa shape index (κ1) is 33.5. The first-order valence-electron chi connectivity index (χ1n) is 13.1. The predicted molar refractivity (Wildman–Crippen MR) is 149 cm³/mol. The van der Waals surface area contributed by atoms with Crippen LogP contribution in [0.2, 0.25) is 0 Å². The van der Waals surface area contributed by atoms with Crippen molar-refractivity contribution in [2.45, 2.75) is 57.9 Å². The van der Waals surface area contributed by atoms with E-state index in [1.54, 1.807) is 10.9 Å². The van der Waals surface area contributed by atoms with Crippen LogP contribution in [0.5, 0.6) is 0 Å². The second kappa shape index (κ2) is 14.1. The van der Waals surface area contributed by atoms with Crippen molar-refractivity contribution in [3.8, 4) is 22.0 Å². The van der Waals surface area contributed by atoms with Crippen LogP contribution in [-0.2, 0) is 13.8 Å². The summed E-state index contributed by atoms with van der Waals surface area (Å²) in [5.41, 5.74) is 0.344. The van der Waals surface area contributed by atoms with Crippen LogP contribution in [0.1, 0.15) is 63.7 Å². The van der Waals surface area contributed by atoms with Gasteiger partial charge in [-0.1, -0.05) is 0 Å². The second-order valence-corrected chi connectivity index (χ2v) is 11.7. The molecule has 0 aliphatic heterocycles. The summed E-state index contributed by atoms with van der Waals surface area (Å²) in [6.07, 6.45) is 6.76. The summed E-state index contributed by atoms with van der Waals surface area (Å²) < 4.78 is 53.1. The fourth-order valence-electron chi connectivity index (χ4n) is 4.73. The minimum atomic E-state index is -4.73. The molecule has 1 aliphatic rings. The molecular weight excluding hydrogens is 618 g/mol. The van der Waals surface area contributed by atoms with Crippen LogP contribution in [0.15, 0.2) is 36.1 Å². The van der Waals surface area contributed by atoms with Crippen molar-refractivity contribution in [1.82, 2.24) is 29.5 Å². The Labute approximate surface area is 272 Å². The molecule has 3 N–H and O–H groups in total. The number of ether oxygens (including phenoxy) is 1. The smallest absolute Gasteiger partial charge is 1.00 e. The Morgan fingerprint density at radius 3 is 2.65 bits per heavy atom. The Bertz CT molecular complexity index is 1630. The van der Waals surface area contributed by atoms with Gasteiger partial charge in [-0.3, -0.25) is 14.0 Å². The third-order valence-corrected chi connectivity index (χ3v) is 8.16. The van der Waals surface area contributed by atoms with Crippen molar-refractivity contribution in [2.75, 3.05) is 11.9 Å². The van der Waals surface area contributed by atoms with Crippen LogP contribution in [0.25, 0.3) is 22.0 Å². The summed E-state index contributed by atoms with van der Waals surface area (Å²) in [5.74, 6) is -2.29. The van der Waals surface area contributed by atoms with Crippen molar-refractivity contribution in [3.63, 3.8) is 0 Å². The van der Waals surface area contributed by atoms with Gasteiger partial charge in [-0.25, -0.2) is 23.6 Å². The maximum absolute atomic E-state index is 14.7. The van der Waals surface area contributed by atoms with Gasteiger partial charge in [0.2, 0.25) is 5.95 Å². The normalized spacial score (nSPS) is 17.8. The number of nitrogens with one attached hydrogen (secondary N) is 1. The number of thiazole rings is 1. The third kappa shape index (κ3) is 8.21. The van der Waals surface area contributed by atoms with Crippen LogP contribution in [0, 0.1) is 11.8 Å². The van der Waals surface area contributed by atoms with Crippen molar-refractivity contribution in [3.05, 3.63) is 53.6 Å². The van der Waals surface area contributed by atoms with E-state index in [0.29, 0.717) is 17.2 Å². The van der Waals surface area contributed by atoms with Gasteiger partial charge in [-0.05, 0) is 51.7 Å². The predicted octanol–water partition coefficient (Wildman–Crippen LogP) is 2.06. The SMILES string of the molecule is CCOC1CCC(n2cc(NC(=O)c3csc(-c4cnn(C(C)OP(=O)(O)O)c4)n3)c(-c3nc(F)ccc3F)n2)CC1.[H-].[Na+]. The fraction of sp³-hybridized carbons (Fsp3) is 0.400. The topological polar surface area (TPSA) is 167 Å². The van der Waals surface area contributed by atoms with E-state index in [-0.39, 0.29) is 65.9 Å². The number of anilines is 1. The maximum atomic E-state index is 14.7. The number of halogens is 2. The largest absolute Gasteiger partial charge is 1.00 e. The van der Waals surface area contributed by atoms with E-state index in [1.807, 2.05) is 6.92 Å². The molecule has 0 saturated heterocycles. The molecule has 5 rings (SSSR count). The van der Waals surface area contributed by atoms with E-state index in [2.05, 4.69) is 30.0 Å². The summed E-state index contributed by atoms with van der Waals surface area (Å²) in [6, 6.07) is 1.83. The second-order valence-electron chi connectivity index (χ2n) is 9.62. The monoisotopic (exact) mass is 647 g/mol. The first-order valence-corrected chi connectivity index (χ1v) is 15.5. The van der Waals surface area contributed by atoms with E-state index < -0.39 is 31.7 Å². The molecule has 1 amide bonds. The number of phosphoric acid groups is 1. The number of aromatic nitrogens is 6. The summed E-state index contributed by atoms with van der Waals surface area (Å²) >= 11 is 1.14. The molecule has 4 heterocycles. The molecule has 0 aromatic carbocycles. The van der Waals surface area contributed by atoms with Gasteiger partial charge in [0.05, 0.1) is 24.0 Å². The van der Waals surface area contributed by atoms with Gasteiger partial charge in [0.25, 0.3) is 5.91 Å². The Kier molecular flexibility index (Phi) is 11.0. The van der Waals surface area contributed by atoms with E-state index in [4.69, 9.17) is 14.5 Å². The Morgan fingerprint density at radius 2 is 1.95 bits per heavy atom. The van der Waals surface area contributed by atoms with Crippen molar-refractivity contribution >= 4 is 30.8 Å². The number of hydrogen-bond acceptors (Lipinski definition) is 9. The average Bonchev–Trinajstić information content (AvgIpc) is 3.70. The number of carbonyl (C=O) groups excluding carboxylic acids is 1. The molecule has 1 aliphatic carbocycles. The zero-order valence-electron chi connectivity index (χ0n) is 24.6. The maximum Gasteiger partial charge on any atom is 1.00 e. The molecule has 4 aromatic rings. The molecule has 18 heteroatoms. The van der Waals surface area contributed by atoms with Crippen molar-refractivity contribution in [1.29, 1.82) is 0 Å². The van der Waals surface area contributed by atoms with Gasteiger partial charge >= 0.3 is 37.4 Å². The molecule has 0 spiro atoms. The Hall–Kier alpha value is -2.40. The zero-order valence-corrected chi connectivity index (χ0v) is 27.3. The molecular formula is C25H29F2N7NaO6PS. The van der Waals surface area contributed by atoms with Gasteiger partial charge in [-0.2, -0.15) is 14.6 Å². The molecule has 1 fully saturated rings. The summed E-state index contributed by atoms with van der Waals surface area (Å²) in [4.78, 5) is 39.3. The number of phosphoric ester groups is 1. The van der Waals surface area contributed by atoms with Crippen molar-refractivity contribution in [2.24, 2.45) is 0 Å². The number of amides is 1. The van der Waals surface area contributed by atoms with Crippen LogP contribution < -0.4 is 34.9 Å². The third-order valence-electron chi connectivity index (χ3n) is 6.68. The molecule has 1 atom stereocenters. The summed E-state index contributed by atoms with van der Waals surface area (Å²) in [5, 5.41) is 13.2. The van der Waals surface area contributed by atoms with E-state index >= 15 is 0 Å².